The van der Waals surface area contributed by atoms with Crippen LogP contribution >= 0.6 is 0 Å². The molecule has 61 heavy (non-hydrogen) atoms. The third-order valence-electron chi connectivity index (χ3n) is 12.9. The zero-order valence-electron chi connectivity index (χ0n) is 32.7. The Labute approximate surface area is 348 Å². The number of para-hydroxylation sites is 2. The first-order valence-electron chi connectivity index (χ1n) is 20.7. The van der Waals surface area contributed by atoms with Crippen molar-refractivity contribution in [2.24, 2.45) is 0 Å². The van der Waals surface area contributed by atoms with Crippen molar-refractivity contribution >= 4 is 86.8 Å². The van der Waals surface area contributed by atoms with E-state index >= 15 is 0 Å². The Morgan fingerprint density at radius 1 is 0.361 bits per heavy atom. The smallest absolute Gasteiger partial charge is 0.235 e. The van der Waals surface area contributed by atoms with Crippen LogP contribution in [0.15, 0.2) is 194 Å². The molecule has 0 spiro atoms. The van der Waals surface area contributed by atoms with E-state index in [4.69, 9.17) is 14.7 Å². The lowest BCUT2D eigenvalue weighted by Crippen LogP contribution is -2.06. The van der Waals surface area contributed by atoms with Crippen LogP contribution in [0.3, 0.4) is 0 Å². The number of nitrogens with zero attached hydrogens (tertiary/aromatic N) is 4. The van der Waals surface area contributed by atoms with Crippen LogP contribution in [0.2, 0.25) is 0 Å². The fourth-order valence-corrected chi connectivity index (χ4v) is 10.2. The maximum atomic E-state index is 6.34. The average Bonchev–Trinajstić information content (AvgIpc) is 3.84. The molecule has 0 bridgehead atoms. The number of hydrogen-bond acceptors (Lipinski definition) is 3. The van der Waals surface area contributed by atoms with Crippen molar-refractivity contribution < 1.29 is 4.74 Å². The second-order valence-electron chi connectivity index (χ2n) is 16.1. The Hall–Kier alpha value is -8.28. The van der Waals surface area contributed by atoms with Gasteiger partial charge in [0.2, 0.25) is 5.95 Å². The summed E-state index contributed by atoms with van der Waals surface area (Å²) in [6, 6.07) is 69.8. The van der Waals surface area contributed by atoms with Gasteiger partial charge in [-0.2, -0.15) is 0 Å². The van der Waals surface area contributed by atoms with Crippen LogP contribution < -0.4 is 4.74 Å². The number of aromatic nitrogens is 4. The third-order valence-corrected chi connectivity index (χ3v) is 12.9. The Bertz CT molecular complexity index is 4040. The molecule has 1 aliphatic heterocycles. The Balaban J connectivity index is 1.01. The van der Waals surface area contributed by atoms with Crippen molar-refractivity contribution in [3.05, 3.63) is 194 Å². The number of ether oxygens (including phenoxy) is 1. The van der Waals surface area contributed by atoms with Gasteiger partial charge in [-0.15, -0.1) is 0 Å². The Morgan fingerprint density at radius 3 is 1.87 bits per heavy atom. The summed E-state index contributed by atoms with van der Waals surface area (Å²) < 4.78 is 11.0. The van der Waals surface area contributed by atoms with E-state index in [-0.39, 0.29) is 0 Å². The lowest BCUT2D eigenvalue weighted by molar-refractivity contribution is 0.486. The zero-order chi connectivity index (χ0) is 39.8. The molecule has 3 aromatic heterocycles. The van der Waals surface area contributed by atoms with Crippen molar-refractivity contribution in [3.8, 4) is 45.5 Å². The van der Waals surface area contributed by atoms with Gasteiger partial charge in [-0.3, -0.25) is 4.57 Å². The van der Waals surface area contributed by atoms with E-state index in [1.165, 1.54) is 65.2 Å². The van der Waals surface area contributed by atoms with Gasteiger partial charge in [0, 0.05) is 32.5 Å². The van der Waals surface area contributed by atoms with Gasteiger partial charge in [0.15, 0.2) is 0 Å². The fraction of sp³-hybridized carbons (Fsp3) is 0. The first-order chi connectivity index (χ1) is 30.2. The molecule has 14 rings (SSSR count). The van der Waals surface area contributed by atoms with Gasteiger partial charge >= 0.3 is 0 Å². The topological polar surface area (TPSA) is 44.9 Å². The molecule has 0 unspecified atom stereocenters. The van der Waals surface area contributed by atoms with E-state index in [0.717, 1.165) is 61.2 Å². The fourth-order valence-electron chi connectivity index (χ4n) is 10.2. The quantitative estimate of drug-likeness (QED) is 0.168. The molecule has 0 N–H and O–H groups in total. The lowest BCUT2D eigenvalue weighted by Gasteiger charge is -2.21. The molecule has 0 fully saturated rings. The second kappa shape index (κ2) is 12.1. The predicted octanol–water partition coefficient (Wildman–Crippen LogP) is 14.7. The highest BCUT2D eigenvalue weighted by Crippen LogP contribution is 2.46. The van der Waals surface area contributed by atoms with Gasteiger partial charge in [-0.25, -0.2) is 9.97 Å². The molecule has 5 heteroatoms. The van der Waals surface area contributed by atoms with Gasteiger partial charge in [0.1, 0.15) is 11.5 Å². The van der Waals surface area contributed by atoms with E-state index in [0.29, 0.717) is 5.95 Å². The SMILES string of the molecule is c1ccc2c(c1)Oc1cccc3nc(-n4c5ccc(-c6ccc7c(c6)c6ccccc6n7-c6cc7ccccc7c7ccccc67)cc5c5c6ccccc6ccc54)nc-2c13. The van der Waals surface area contributed by atoms with Gasteiger partial charge in [-0.1, -0.05) is 127 Å². The number of rotatable bonds is 3. The molecule has 4 heterocycles. The van der Waals surface area contributed by atoms with Crippen molar-refractivity contribution in [2.45, 2.75) is 0 Å². The summed E-state index contributed by atoms with van der Waals surface area (Å²) in [5.41, 5.74) is 10.7. The van der Waals surface area contributed by atoms with Crippen molar-refractivity contribution in [3.63, 3.8) is 0 Å². The first kappa shape index (κ1) is 32.7. The normalized spacial score (nSPS) is 12.4. The number of fused-ring (bicyclic) bond motifs is 13. The summed E-state index contributed by atoms with van der Waals surface area (Å²) in [5.74, 6) is 2.21. The molecule has 0 radical (unpaired) electrons. The minimum absolute atomic E-state index is 0.634. The lowest BCUT2D eigenvalue weighted by atomic mass is 9.99. The molecule has 1 aliphatic rings. The monoisotopic (exact) mass is 776 g/mol. The highest BCUT2D eigenvalue weighted by Gasteiger charge is 2.25. The highest BCUT2D eigenvalue weighted by atomic mass is 16.5. The van der Waals surface area contributed by atoms with Gasteiger partial charge in [-0.05, 0) is 105 Å². The minimum Gasteiger partial charge on any atom is -0.456 e. The Kier molecular flexibility index (Phi) is 6.49. The summed E-state index contributed by atoms with van der Waals surface area (Å²) in [4.78, 5) is 10.6. The van der Waals surface area contributed by atoms with Gasteiger partial charge in [0.05, 0.1) is 44.4 Å². The van der Waals surface area contributed by atoms with Gasteiger partial charge in [0.25, 0.3) is 0 Å². The number of benzene rings is 10. The zero-order valence-corrected chi connectivity index (χ0v) is 32.7. The number of hydrogen-bond donors (Lipinski definition) is 0. The van der Waals surface area contributed by atoms with Crippen LogP contribution in [0.1, 0.15) is 0 Å². The molecule has 0 aliphatic carbocycles. The molecular formula is C56H32N4O. The maximum Gasteiger partial charge on any atom is 0.235 e. The standard InChI is InChI=1S/C56H32N4O/c1-4-15-38-33(12-1)24-29-49-53(38)44-31-35(26-28-48(44)60(49)56-57-45-20-11-23-52-54(45)55(58-56)42-19-8-10-22-51(42)61-52)34-25-27-47-43(30-34)41-18-7-9-21-46(41)59(47)50-32-36-13-2-3-14-37(36)39-16-5-6-17-40(39)50/h1-32H. The maximum absolute atomic E-state index is 6.34. The molecule has 13 aromatic rings. The van der Waals surface area contributed by atoms with E-state index < -0.39 is 0 Å². The van der Waals surface area contributed by atoms with Crippen molar-refractivity contribution in [1.29, 1.82) is 0 Å². The van der Waals surface area contributed by atoms with E-state index in [1.807, 2.05) is 30.3 Å². The molecule has 282 valence electrons. The molecule has 0 saturated carbocycles. The summed E-state index contributed by atoms with van der Waals surface area (Å²) in [6.07, 6.45) is 0. The van der Waals surface area contributed by atoms with E-state index in [9.17, 15) is 0 Å². The van der Waals surface area contributed by atoms with Crippen molar-refractivity contribution in [2.75, 3.05) is 0 Å². The predicted molar refractivity (Wildman–Crippen MR) is 252 cm³/mol. The third kappa shape index (κ3) is 4.55. The second-order valence-corrected chi connectivity index (χ2v) is 16.1. The van der Waals surface area contributed by atoms with Crippen LogP contribution in [-0.2, 0) is 0 Å². The first-order valence-corrected chi connectivity index (χ1v) is 20.7. The van der Waals surface area contributed by atoms with Crippen LogP contribution in [0, 0.1) is 0 Å². The summed E-state index contributed by atoms with van der Waals surface area (Å²) >= 11 is 0. The molecule has 5 nitrogen and oxygen atoms in total. The molecule has 0 atom stereocenters. The summed E-state index contributed by atoms with van der Waals surface area (Å²) in [7, 11) is 0. The molecule has 0 amide bonds. The highest BCUT2D eigenvalue weighted by molar-refractivity contribution is 6.22. The van der Waals surface area contributed by atoms with Crippen molar-refractivity contribution in [1.82, 2.24) is 19.1 Å². The van der Waals surface area contributed by atoms with Crippen LogP contribution in [0.5, 0.6) is 11.5 Å². The van der Waals surface area contributed by atoms with Crippen LogP contribution in [0.4, 0.5) is 0 Å². The van der Waals surface area contributed by atoms with Crippen LogP contribution in [-0.4, -0.2) is 19.1 Å². The largest absolute Gasteiger partial charge is 0.456 e. The van der Waals surface area contributed by atoms with E-state index in [1.54, 1.807) is 0 Å². The van der Waals surface area contributed by atoms with Gasteiger partial charge < -0.3 is 9.30 Å². The average molecular weight is 777 g/mol. The van der Waals surface area contributed by atoms with E-state index in [2.05, 4.69) is 173 Å². The summed E-state index contributed by atoms with van der Waals surface area (Å²) in [6.45, 7) is 0. The summed E-state index contributed by atoms with van der Waals surface area (Å²) in [5, 5.41) is 13.1. The molecule has 10 aromatic carbocycles. The van der Waals surface area contributed by atoms with Crippen LogP contribution in [0.25, 0.3) is 121 Å². The molecular weight excluding hydrogens is 745 g/mol. The Morgan fingerprint density at radius 2 is 1.00 bits per heavy atom. The molecule has 0 saturated heterocycles. The minimum atomic E-state index is 0.634.